The molecule has 2 aliphatic carbocycles. The molecule has 0 aromatic heterocycles. The Kier molecular flexibility index (Phi) is 7.95. The van der Waals surface area contributed by atoms with Gasteiger partial charge in [-0.2, -0.15) is 0 Å². The maximum absolute atomic E-state index is 12.0. The molecule has 2 fully saturated rings. The zero-order valence-corrected chi connectivity index (χ0v) is 25.0. The van der Waals surface area contributed by atoms with Crippen molar-refractivity contribution >= 4 is 15.8 Å². The van der Waals surface area contributed by atoms with Gasteiger partial charge >= 0.3 is 5.97 Å². The molecule has 3 aromatic carbocycles. The molecule has 1 saturated heterocycles. The molecular formula is C35H40O5S. The Morgan fingerprint density at radius 1 is 0.902 bits per heavy atom. The predicted molar refractivity (Wildman–Crippen MR) is 162 cm³/mol. The summed E-state index contributed by atoms with van der Waals surface area (Å²) in [7, 11) is -2.90. The molecule has 0 amide bonds. The van der Waals surface area contributed by atoms with Gasteiger partial charge in [0.15, 0.2) is 9.84 Å². The quantitative estimate of drug-likeness (QED) is 0.286. The zero-order chi connectivity index (χ0) is 28.6. The Morgan fingerprint density at radius 3 is 2.37 bits per heavy atom. The van der Waals surface area contributed by atoms with Crippen LogP contribution in [0.1, 0.15) is 71.9 Å². The summed E-state index contributed by atoms with van der Waals surface area (Å²) in [6.45, 7) is 4.48. The van der Waals surface area contributed by atoms with E-state index in [9.17, 15) is 13.2 Å². The van der Waals surface area contributed by atoms with Gasteiger partial charge in [0.25, 0.3) is 0 Å². The fraction of sp³-hybridized carbons (Fsp3) is 0.457. The van der Waals surface area contributed by atoms with Crippen LogP contribution in [0.5, 0.6) is 5.75 Å². The van der Waals surface area contributed by atoms with Gasteiger partial charge in [-0.25, -0.2) is 8.42 Å². The highest BCUT2D eigenvalue weighted by molar-refractivity contribution is 7.91. The third-order valence-electron chi connectivity index (χ3n) is 9.02. The Balaban J connectivity index is 1.14. The number of benzene rings is 3. The lowest BCUT2D eigenvalue weighted by Crippen LogP contribution is -2.30. The van der Waals surface area contributed by atoms with E-state index in [4.69, 9.17) is 9.47 Å². The first-order valence-electron chi connectivity index (χ1n) is 15.2. The summed E-state index contributed by atoms with van der Waals surface area (Å²) >= 11 is 0. The summed E-state index contributed by atoms with van der Waals surface area (Å²) in [6.07, 6.45) is 7.14. The molecule has 0 unspecified atom stereocenters. The SMILES string of the molecule is CCOC(=O)[C@H]1C[C@@H]1c1ccc(CCc2ccc3c(c2)-c2c(C)cc(OC4CCS(=O)(=O)CC4)cc2CCC3)cc1. The standard InChI is InChI=1S/C35H40O5S/c1-3-39-35(36)33-22-31(33)27-12-9-24(10-13-27)7-8-25-11-14-26-5-4-6-28-21-30(19-23(2)34(28)32(26)20-25)40-29-15-17-41(37,38)18-16-29/h9-14,19-21,29,31,33H,3-8,15-18,22H2,1-2H3/t31-,33+/m1/s1. The molecule has 216 valence electrons. The minimum absolute atomic E-state index is 0.0282. The number of hydrogen-bond donors (Lipinski definition) is 0. The van der Waals surface area contributed by atoms with Gasteiger partial charge in [-0.1, -0.05) is 42.5 Å². The number of carbonyl (C=O) groups is 1. The summed E-state index contributed by atoms with van der Waals surface area (Å²) in [5, 5.41) is 0. The number of rotatable bonds is 8. The Labute approximate surface area is 244 Å². The second-order valence-corrected chi connectivity index (χ2v) is 14.3. The topological polar surface area (TPSA) is 69.7 Å². The number of esters is 1. The molecule has 0 radical (unpaired) electrons. The molecule has 0 N–H and O–H groups in total. The van der Waals surface area contributed by atoms with Crippen LogP contribution < -0.4 is 4.74 Å². The summed E-state index contributed by atoms with van der Waals surface area (Å²) in [6, 6.07) is 20.1. The summed E-state index contributed by atoms with van der Waals surface area (Å²) in [5.41, 5.74) is 10.5. The minimum Gasteiger partial charge on any atom is -0.490 e. The lowest BCUT2D eigenvalue weighted by Gasteiger charge is -2.24. The number of hydrogen-bond acceptors (Lipinski definition) is 5. The lowest BCUT2D eigenvalue weighted by atomic mass is 9.90. The zero-order valence-electron chi connectivity index (χ0n) is 24.2. The Morgan fingerprint density at radius 2 is 1.61 bits per heavy atom. The van der Waals surface area contributed by atoms with Gasteiger partial charge in [0, 0.05) is 0 Å². The summed E-state index contributed by atoms with van der Waals surface area (Å²) in [5.74, 6) is 1.58. The fourth-order valence-electron chi connectivity index (χ4n) is 6.65. The van der Waals surface area contributed by atoms with Crippen LogP contribution in [-0.4, -0.2) is 38.6 Å². The average Bonchev–Trinajstić information content (AvgIpc) is 3.77. The van der Waals surface area contributed by atoms with Gasteiger partial charge in [0.05, 0.1) is 24.0 Å². The van der Waals surface area contributed by atoms with Crippen molar-refractivity contribution in [2.24, 2.45) is 5.92 Å². The van der Waals surface area contributed by atoms with E-state index in [2.05, 4.69) is 61.5 Å². The van der Waals surface area contributed by atoms with Gasteiger partial charge in [0.2, 0.25) is 0 Å². The predicted octanol–water partition coefficient (Wildman–Crippen LogP) is 6.56. The van der Waals surface area contributed by atoms with Crippen LogP contribution in [0.4, 0.5) is 0 Å². The normalized spacial score (nSPS) is 21.3. The number of sulfone groups is 1. The Bertz CT molecular complexity index is 1530. The maximum atomic E-state index is 12.0. The number of ether oxygens (including phenoxy) is 2. The van der Waals surface area contributed by atoms with Crippen molar-refractivity contribution in [1.29, 1.82) is 0 Å². The van der Waals surface area contributed by atoms with Crippen LogP contribution in [-0.2, 0) is 45.1 Å². The highest BCUT2D eigenvalue weighted by atomic mass is 32.2. The van der Waals surface area contributed by atoms with Gasteiger partial charge in [0.1, 0.15) is 11.9 Å². The molecule has 41 heavy (non-hydrogen) atoms. The molecule has 1 aliphatic heterocycles. The molecule has 3 aliphatic rings. The average molecular weight is 573 g/mol. The maximum Gasteiger partial charge on any atom is 0.309 e. The third-order valence-corrected chi connectivity index (χ3v) is 10.7. The molecule has 5 nitrogen and oxygen atoms in total. The smallest absolute Gasteiger partial charge is 0.309 e. The number of fused-ring (bicyclic) bond motifs is 3. The molecule has 2 atom stereocenters. The van der Waals surface area contributed by atoms with E-state index in [1.54, 1.807) is 0 Å². The molecule has 1 heterocycles. The first-order chi connectivity index (χ1) is 19.8. The number of carbonyl (C=O) groups excluding carboxylic acids is 1. The molecule has 6 heteroatoms. The van der Waals surface area contributed by atoms with Crippen molar-refractivity contribution in [1.82, 2.24) is 0 Å². The molecule has 1 saturated carbocycles. The second-order valence-electron chi connectivity index (χ2n) is 12.0. The van der Waals surface area contributed by atoms with Crippen molar-refractivity contribution in [2.75, 3.05) is 18.1 Å². The van der Waals surface area contributed by atoms with E-state index in [-0.39, 0.29) is 29.5 Å². The first-order valence-corrected chi connectivity index (χ1v) is 17.0. The third kappa shape index (κ3) is 6.38. The van der Waals surface area contributed by atoms with E-state index in [0.717, 1.165) is 44.3 Å². The lowest BCUT2D eigenvalue weighted by molar-refractivity contribution is -0.144. The van der Waals surface area contributed by atoms with E-state index in [1.165, 1.54) is 44.5 Å². The van der Waals surface area contributed by atoms with Crippen molar-refractivity contribution in [3.8, 4) is 16.9 Å². The molecule has 3 aromatic rings. The van der Waals surface area contributed by atoms with Crippen LogP contribution in [0.3, 0.4) is 0 Å². The van der Waals surface area contributed by atoms with Crippen LogP contribution in [0.2, 0.25) is 0 Å². The highest BCUT2D eigenvalue weighted by Crippen LogP contribution is 2.48. The summed E-state index contributed by atoms with van der Waals surface area (Å²) in [4.78, 5) is 12.0. The minimum atomic E-state index is -2.90. The van der Waals surface area contributed by atoms with E-state index < -0.39 is 9.84 Å². The van der Waals surface area contributed by atoms with Crippen LogP contribution >= 0.6 is 0 Å². The number of aryl methyl sites for hydroxylation is 5. The van der Waals surface area contributed by atoms with Gasteiger partial charge < -0.3 is 9.47 Å². The van der Waals surface area contributed by atoms with Crippen LogP contribution in [0.15, 0.2) is 54.6 Å². The van der Waals surface area contributed by atoms with Gasteiger partial charge in [-0.05, 0) is 128 Å². The van der Waals surface area contributed by atoms with E-state index >= 15 is 0 Å². The summed E-state index contributed by atoms with van der Waals surface area (Å²) < 4.78 is 35.1. The van der Waals surface area contributed by atoms with Gasteiger partial charge in [-0.15, -0.1) is 0 Å². The van der Waals surface area contributed by atoms with Crippen molar-refractivity contribution in [2.45, 2.75) is 77.2 Å². The molecule has 6 rings (SSSR count). The van der Waals surface area contributed by atoms with Gasteiger partial charge in [-0.3, -0.25) is 4.79 Å². The van der Waals surface area contributed by atoms with E-state index in [0.29, 0.717) is 25.4 Å². The molecule has 0 bridgehead atoms. The Hall–Kier alpha value is -3.12. The monoisotopic (exact) mass is 572 g/mol. The highest BCUT2D eigenvalue weighted by Gasteiger charge is 2.45. The molecular weight excluding hydrogens is 532 g/mol. The largest absolute Gasteiger partial charge is 0.490 e. The van der Waals surface area contributed by atoms with Crippen LogP contribution in [0, 0.1) is 12.8 Å². The van der Waals surface area contributed by atoms with Crippen molar-refractivity contribution < 1.29 is 22.7 Å². The van der Waals surface area contributed by atoms with Crippen molar-refractivity contribution in [3.05, 3.63) is 88.0 Å². The van der Waals surface area contributed by atoms with Crippen LogP contribution in [0.25, 0.3) is 11.1 Å². The van der Waals surface area contributed by atoms with E-state index in [1.807, 2.05) is 6.92 Å². The fourth-order valence-corrected chi connectivity index (χ4v) is 8.09. The molecule has 0 spiro atoms. The second kappa shape index (κ2) is 11.6. The first kappa shape index (κ1) is 28.0. The van der Waals surface area contributed by atoms with Crippen molar-refractivity contribution in [3.63, 3.8) is 0 Å².